The first-order valence-corrected chi connectivity index (χ1v) is 5.26. The fourth-order valence-corrected chi connectivity index (χ4v) is 1.43. The molecule has 0 aromatic heterocycles. The maximum Gasteiger partial charge on any atom is 0.338 e. The number of hydrogen-bond acceptors (Lipinski definition) is 3. The van der Waals surface area contributed by atoms with Crippen molar-refractivity contribution in [1.29, 1.82) is 0 Å². The third kappa shape index (κ3) is 2.84. The van der Waals surface area contributed by atoms with Gasteiger partial charge in [0.05, 0.1) is 5.56 Å². The van der Waals surface area contributed by atoms with Gasteiger partial charge in [0, 0.05) is 5.56 Å². The normalized spacial score (nSPS) is 9.88. The Kier molecular flexibility index (Phi) is 3.40. The fraction of sp³-hybridized carbons (Fsp3) is 0.0714. The van der Waals surface area contributed by atoms with E-state index < -0.39 is 5.97 Å². The highest BCUT2D eigenvalue weighted by Crippen LogP contribution is 2.17. The van der Waals surface area contributed by atoms with E-state index >= 15 is 0 Å². The maximum absolute atomic E-state index is 11.6. The lowest BCUT2D eigenvalue weighted by molar-refractivity contribution is 0.0470. The van der Waals surface area contributed by atoms with Gasteiger partial charge in [-0.3, -0.25) is 0 Å². The Bertz CT molecular complexity index is 506. The summed E-state index contributed by atoms with van der Waals surface area (Å²) in [5, 5.41) is 9.50. The van der Waals surface area contributed by atoms with Crippen molar-refractivity contribution in [2.75, 3.05) is 0 Å². The number of carbonyl (C=O) groups is 1. The lowest BCUT2D eigenvalue weighted by atomic mass is 10.2. The van der Waals surface area contributed by atoms with Crippen LogP contribution in [0.1, 0.15) is 15.9 Å². The molecule has 0 aliphatic carbocycles. The number of esters is 1. The molecular formula is C14H12O3. The van der Waals surface area contributed by atoms with Crippen molar-refractivity contribution in [3.8, 4) is 5.75 Å². The summed E-state index contributed by atoms with van der Waals surface area (Å²) in [6.45, 7) is 0.0698. The fourth-order valence-electron chi connectivity index (χ4n) is 1.43. The Morgan fingerprint density at radius 3 is 2.35 bits per heavy atom. The lowest BCUT2D eigenvalue weighted by Crippen LogP contribution is -2.04. The summed E-state index contributed by atoms with van der Waals surface area (Å²) in [7, 11) is 0. The average molecular weight is 228 g/mol. The molecule has 0 amide bonds. The number of carbonyl (C=O) groups excluding carboxylic acids is 1. The second-order valence-corrected chi connectivity index (χ2v) is 3.57. The van der Waals surface area contributed by atoms with Crippen molar-refractivity contribution in [3.63, 3.8) is 0 Å². The van der Waals surface area contributed by atoms with Gasteiger partial charge in [0.25, 0.3) is 0 Å². The maximum atomic E-state index is 11.6. The SMILES string of the molecule is O=C(OCc1ccccc1O)c1ccccc1. The van der Waals surface area contributed by atoms with Gasteiger partial charge in [-0.2, -0.15) is 0 Å². The zero-order valence-corrected chi connectivity index (χ0v) is 9.17. The van der Waals surface area contributed by atoms with Crippen LogP contribution in [-0.2, 0) is 11.3 Å². The minimum absolute atomic E-state index is 0.0698. The van der Waals surface area contributed by atoms with Crippen molar-refractivity contribution in [1.82, 2.24) is 0 Å². The molecule has 17 heavy (non-hydrogen) atoms. The highest BCUT2D eigenvalue weighted by molar-refractivity contribution is 5.89. The summed E-state index contributed by atoms with van der Waals surface area (Å²) in [4.78, 5) is 11.6. The lowest BCUT2D eigenvalue weighted by Gasteiger charge is -2.06. The molecule has 3 heteroatoms. The van der Waals surface area contributed by atoms with Crippen molar-refractivity contribution in [2.45, 2.75) is 6.61 Å². The molecule has 0 bridgehead atoms. The predicted molar refractivity (Wildman–Crippen MR) is 63.7 cm³/mol. The molecule has 0 saturated heterocycles. The van der Waals surface area contributed by atoms with E-state index in [0.717, 1.165) is 0 Å². The molecule has 86 valence electrons. The second kappa shape index (κ2) is 5.16. The summed E-state index contributed by atoms with van der Waals surface area (Å²) in [5.41, 5.74) is 1.10. The van der Waals surface area contributed by atoms with E-state index in [2.05, 4.69) is 0 Å². The molecule has 0 aliphatic rings. The Labute approximate surface area is 99.3 Å². The second-order valence-electron chi connectivity index (χ2n) is 3.57. The number of aromatic hydroxyl groups is 1. The van der Waals surface area contributed by atoms with Crippen LogP contribution in [0, 0.1) is 0 Å². The van der Waals surface area contributed by atoms with E-state index in [1.54, 1.807) is 48.5 Å². The molecule has 1 N–H and O–H groups in total. The first kappa shape index (κ1) is 11.2. The van der Waals surface area contributed by atoms with Crippen molar-refractivity contribution < 1.29 is 14.6 Å². The van der Waals surface area contributed by atoms with E-state index in [1.807, 2.05) is 6.07 Å². The zero-order valence-electron chi connectivity index (χ0n) is 9.17. The average Bonchev–Trinajstić information content (AvgIpc) is 2.38. The quantitative estimate of drug-likeness (QED) is 0.821. The number of ether oxygens (including phenoxy) is 1. The Morgan fingerprint density at radius 1 is 1.00 bits per heavy atom. The van der Waals surface area contributed by atoms with Gasteiger partial charge in [0.15, 0.2) is 0 Å². The van der Waals surface area contributed by atoms with Crippen LogP contribution in [0.25, 0.3) is 0 Å². The number of phenolic OH excluding ortho intramolecular Hbond substituents is 1. The van der Waals surface area contributed by atoms with Crippen molar-refractivity contribution >= 4 is 5.97 Å². The molecule has 0 saturated carbocycles. The van der Waals surface area contributed by atoms with Gasteiger partial charge >= 0.3 is 5.97 Å². The van der Waals surface area contributed by atoms with E-state index in [9.17, 15) is 9.90 Å². The van der Waals surface area contributed by atoms with E-state index in [0.29, 0.717) is 11.1 Å². The molecular weight excluding hydrogens is 216 g/mol. The van der Waals surface area contributed by atoms with Gasteiger partial charge in [0.2, 0.25) is 0 Å². The van der Waals surface area contributed by atoms with Crippen LogP contribution >= 0.6 is 0 Å². The summed E-state index contributed by atoms with van der Waals surface area (Å²) >= 11 is 0. The first-order valence-electron chi connectivity index (χ1n) is 5.26. The number of hydrogen-bond donors (Lipinski definition) is 1. The van der Waals surface area contributed by atoms with Crippen LogP contribution in [0.3, 0.4) is 0 Å². The van der Waals surface area contributed by atoms with Crippen LogP contribution in [-0.4, -0.2) is 11.1 Å². The third-order valence-electron chi connectivity index (χ3n) is 2.36. The largest absolute Gasteiger partial charge is 0.508 e. The summed E-state index contributed by atoms with van der Waals surface area (Å²) in [6, 6.07) is 15.5. The molecule has 0 unspecified atom stereocenters. The van der Waals surface area contributed by atoms with Crippen LogP contribution < -0.4 is 0 Å². The Balaban J connectivity index is 2.00. The summed E-state index contributed by atoms with van der Waals surface area (Å²) in [6.07, 6.45) is 0. The predicted octanol–water partition coefficient (Wildman–Crippen LogP) is 2.75. The molecule has 3 nitrogen and oxygen atoms in total. The minimum Gasteiger partial charge on any atom is -0.508 e. The molecule has 0 atom stereocenters. The smallest absolute Gasteiger partial charge is 0.338 e. The summed E-state index contributed by atoms with van der Waals surface area (Å²) < 4.78 is 5.10. The Hall–Kier alpha value is -2.29. The third-order valence-corrected chi connectivity index (χ3v) is 2.36. The molecule has 2 aromatic rings. The highest BCUT2D eigenvalue weighted by Gasteiger charge is 2.07. The monoisotopic (exact) mass is 228 g/mol. The van der Waals surface area contributed by atoms with Gasteiger partial charge in [-0.15, -0.1) is 0 Å². The number of phenols is 1. The Morgan fingerprint density at radius 2 is 1.65 bits per heavy atom. The van der Waals surface area contributed by atoms with Crippen molar-refractivity contribution in [2.24, 2.45) is 0 Å². The molecule has 0 spiro atoms. The standard InChI is InChI=1S/C14H12O3/c15-13-9-5-4-8-12(13)10-17-14(16)11-6-2-1-3-7-11/h1-9,15H,10H2. The van der Waals surface area contributed by atoms with Crippen LogP contribution in [0.4, 0.5) is 0 Å². The van der Waals surface area contributed by atoms with Crippen LogP contribution in [0.2, 0.25) is 0 Å². The first-order chi connectivity index (χ1) is 8.27. The molecule has 0 aliphatic heterocycles. The van der Waals surface area contributed by atoms with Gasteiger partial charge in [-0.25, -0.2) is 4.79 Å². The van der Waals surface area contributed by atoms with E-state index in [-0.39, 0.29) is 12.4 Å². The zero-order chi connectivity index (χ0) is 12.1. The van der Waals surface area contributed by atoms with E-state index in [4.69, 9.17) is 4.74 Å². The topological polar surface area (TPSA) is 46.5 Å². The summed E-state index contributed by atoms with van der Waals surface area (Å²) in [5.74, 6) is -0.262. The number of rotatable bonds is 3. The van der Waals surface area contributed by atoms with Gasteiger partial charge in [0.1, 0.15) is 12.4 Å². The number of benzene rings is 2. The molecule has 0 heterocycles. The van der Waals surface area contributed by atoms with Crippen LogP contribution in [0.15, 0.2) is 54.6 Å². The molecule has 0 fully saturated rings. The minimum atomic E-state index is -0.395. The van der Waals surface area contributed by atoms with Crippen molar-refractivity contribution in [3.05, 3.63) is 65.7 Å². The number of para-hydroxylation sites is 1. The van der Waals surface area contributed by atoms with Gasteiger partial charge in [-0.05, 0) is 18.2 Å². The van der Waals surface area contributed by atoms with E-state index in [1.165, 1.54) is 0 Å². The molecule has 2 rings (SSSR count). The molecule has 0 radical (unpaired) electrons. The van der Waals surface area contributed by atoms with Crippen LogP contribution in [0.5, 0.6) is 5.75 Å². The van der Waals surface area contributed by atoms with Gasteiger partial charge in [-0.1, -0.05) is 36.4 Å². The molecule has 2 aromatic carbocycles. The van der Waals surface area contributed by atoms with Gasteiger partial charge < -0.3 is 9.84 Å². The highest BCUT2D eigenvalue weighted by atomic mass is 16.5.